The smallest absolute Gasteiger partial charge is 0.341 e. The molecule has 10 nitrogen and oxygen atoms in total. The first-order chi connectivity index (χ1) is 15.3. The fourth-order valence-electron chi connectivity index (χ4n) is 3.40. The molecule has 0 bridgehead atoms. The Morgan fingerprint density at radius 3 is 2.34 bits per heavy atom. The summed E-state index contributed by atoms with van der Waals surface area (Å²) in [5, 5.41) is 13.7. The summed E-state index contributed by atoms with van der Waals surface area (Å²) in [7, 11) is 3.28. The molecule has 3 rings (SSSR count). The van der Waals surface area contributed by atoms with Crippen molar-refractivity contribution < 1.29 is 24.0 Å². The van der Waals surface area contributed by atoms with Crippen LogP contribution < -0.4 is 10.2 Å². The largest absolute Gasteiger partial charge is 0.452 e. The van der Waals surface area contributed by atoms with Crippen LogP contribution in [0.25, 0.3) is 0 Å². The van der Waals surface area contributed by atoms with E-state index in [1.807, 2.05) is 4.90 Å². The van der Waals surface area contributed by atoms with Gasteiger partial charge in [-0.2, -0.15) is 0 Å². The van der Waals surface area contributed by atoms with E-state index in [9.17, 15) is 24.5 Å². The Morgan fingerprint density at radius 1 is 1.09 bits per heavy atom. The quantitative estimate of drug-likeness (QED) is 0.399. The molecule has 1 aliphatic rings. The number of rotatable bonds is 7. The highest BCUT2D eigenvalue weighted by molar-refractivity contribution is 5.99. The van der Waals surface area contributed by atoms with Gasteiger partial charge in [0.2, 0.25) is 0 Å². The zero-order valence-electron chi connectivity index (χ0n) is 17.9. The molecule has 0 aromatic heterocycles. The van der Waals surface area contributed by atoms with Crippen molar-refractivity contribution >= 4 is 34.8 Å². The molecule has 1 saturated heterocycles. The van der Waals surface area contributed by atoms with Crippen LogP contribution in [0.2, 0.25) is 0 Å². The maximum atomic E-state index is 12.6. The SMILES string of the molecule is CN(C)C(=O)c1ccc(NC(=O)COC(=O)c2cc([N+](=O)[O-])ccc2N2CCCC2)cc1. The van der Waals surface area contributed by atoms with Gasteiger partial charge < -0.3 is 19.9 Å². The summed E-state index contributed by atoms with van der Waals surface area (Å²) >= 11 is 0. The molecule has 0 atom stereocenters. The minimum Gasteiger partial charge on any atom is -0.452 e. The van der Waals surface area contributed by atoms with Gasteiger partial charge >= 0.3 is 5.97 Å². The van der Waals surface area contributed by atoms with Gasteiger partial charge in [-0.25, -0.2) is 4.79 Å². The Morgan fingerprint density at radius 2 is 1.75 bits per heavy atom. The Hall–Kier alpha value is -3.95. The molecule has 0 unspecified atom stereocenters. The van der Waals surface area contributed by atoms with Crippen molar-refractivity contribution in [3.63, 3.8) is 0 Å². The number of amides is 2. The minimum absolute atomic E-state index is 0.0560. The monoisotopic (exact) mass is 440 g/mol. The standard InChI is InChI=1S/C22H24N4O6/c1-24(2)21(28)15-5-7-16(8-6-15)23-20(27)14-32-22(29)18-13-17(26(30)31)9-10-19(18)25-11-3-4-12-25/h5-10,13H,3-4,11-12,14H2,1-2H3,(H,23,27). The van der Waals surface area contributed by atoms with Gasteiger partial charge in [-0.1, -0.05) is 0 Å². The van der Waals surface area contributed by atoms with Crippen molar-refractivity contribution in [1.82, 2.24) is 4.90 Å². The summed E-state index contributed by atoms with van der Waals surface area (Å²) in [6, 6.07) is 10.4. The third-order valence-corrected chi connectivity index (χ3v) is 5.01. The third-order valence-electron chi connectivity index (χ3n) is 5.01. The predicted octanol–water partition coefficient (Wildman–Crippen LogP) is 2.69. The molecule has 0 spiro atoms. The van der Waals surface area contributed by atoms with Gasteiger partial charge in [-0.3, -0.25) is 19.7 Å². The molecule has 168 valence electrons. The van der Waals surface area contributed by atoms with Crippen LogP contribution in [0.1, 0.15) is 33.6 Å². The van der Waals surface area contributed by atoms with Crippen LogP contribution in [0.3, 0.4) is 0 Å². The molecule has 0 radical (unpaired) electrons. The van der Waals surface area contributed by atoms with Crippen LogP contribution in [0, 0.1) is 10.1 Å². The van der Waals surface area contributed by atoms with E-state index in [0.29, 0.717) is 16.9 Å². The normalized spacial score (nSPS) is 12.9. The summed E-state index contributed by atoms with van der Waals surface area (Å²) in [4.78, 5) is 50.7. The number of nitrogens with one attached hydrogen (secondary N) is 1. The third kappa shape index (κ3) is 5.39. The van der Waals surface area contributed by atoms with Crippen LogP contribution in [-0.2, 0) is 9.53 Å². The van der Waals surface area contributed by atoms with Gasteiger partial charge in [0.1, 0.15) is 0 Å². The summed E-state index contributed by atoms with van der Waals surface area (Å²) in [6.45, 7) is 0.926. The first-order valence-electron chi connectivity index (χ1n) is 10.1. The Kier molecular flexibility index (Phi) is 7.04. The number of hydrogen-bond donors (Lipinski definition) is 1. The molecule has 2 amide bonds. The van der Waals surface area contributed by atoms with Crippen molar-refractivity contribution in [2.24, 2.45) is 0 Å². The summed E-state index contributed by atoms with van der Waals surface area (Å²) in [5.74, 6) is -1.54. The van der Waals surface area contributed by atoms with E-state index in [0.717, 1.165) is 25.9 Å². The number of nitro benzene ring substituents is 1. The number of carbonyl (C=O) groups is 3. The second kappa shape index (κ2) is 9.90. The minimum atomic E-state index is -0.808. The maximum Gasteiger partial charge on any atom is 0.341 e. The molecule has 1 heterocycles. The molecule has 1 fully saturated rings. The van der Waals surface area contributed by atoms with E-state index in [2.05, 4.69) is 5.32 Å². The number of benzene rings is 2. The van der Waals surface area contributed by atoms with Crippen LogP contribution >= 0.6 is 0 Å². The summed E-state index contributed by atoms with van der Waals surface area (Å²) in [6.07, 6.45) is 1.93. The van der Waals surface area contributed by atoms with E-state index >= 15 is 0 Å². The highest BCUT2D eigenvalue weighted by Gasteiger charge is 2.24. The zero-order chi connectivity index (χ0) is 23.3. The van der Waals surface area contributed by atoms with Crippen LogP contribution in [0.4, 0.5) is 17.1 Å². The lowest BCUT2D eigenvalue weighted by Crippen LogP contribution is -2.24. The van der Waals surface area contributed by atoms with E-state index < -0.39 is 23.4 Å². The van der Waals surface area contributed by atoms with Crippen molar-refractivity contribution in [3.8, 4) is 0 Å². The molecule has 0 aliphatic carbocycles. The molecule has 1 N–H and O–H groups in total. The lowest BCUT2D eigenvalue weighted by molar-refractivity contribution is -0.384. The van der Waals surface area contributed by atoms with Crippen molar-refractivity contribution in [3.05, 3.63) is 63.7 Å². The van der Waals surface area contributed by atoms with E-state index in [1.54, 1.807) is 38.4 Å². The molecule has 10 heteroatoms. The first-order valence-corrected chi connectivity index (χ1v) is 10.1. The molecule has 0 saturated carbocycles. The summed E-state index contributed by atoms with van der Waals surface area (Å²) < 4.78 is 5.13. The average Bonchev–Trinajstić information content (AvgIpc) is 3.31. The fraction of sp³-hybridized carbons (Fsp3) is 0.318. The second-order valence-electron chi connectivity index (χ2n) is 7.55. The molecule has 32 heavy (non-hydrogen) atoms. The van der Waals surface area contributed by atoms with Crippen LogP contribution in [0.5, 0.6) is 0 Å². The Bertz CT molecular complexity index is 1030. The topological polar surface area (TPSA) is 122 Å². The predicted molar refractivity (Wildman–Crippen MR) is 118 cm³/mol. The molecule has 2 aromatic carbocycles. The number of hydrogen-bond acceptors (Lipinski definition) is 7. The number of nitro groups is 1. The maximum absolute atomic E-state index is 12.6. The molecular formula is C22H24N4O6. The number of anilines is 2. The number of nitrogens with zero attached hydrogens (tertiary/aromatic N) is 3. The zero-order valence-corrected chi connectivity index (χ0v) is 17.9. The van der Waals surface area contributed by atoms with Gasteiger partial charge in [-0.15, -0.1) is 0 Å². The lowest BCUT2D eigenvalue weighted by atomic mass is 10.1. The van der Waals surface area contributed by atoms with Gasteiger partial charge in [0.25, 0.3) is 17.5 Å². The van der Waals surface area contributed by atoms with Crippen molar-refractivity contribution in [1.29, 1.82) is 0 Å². The van der Waals surface area contributed by atoms with E-state index in [1.165, 1.54) is 23.1 Å². The van der Waals surface area contributed by atoms with Gasteiger partial charge in [0.05, 0.1) is 16.2 Å². The van der Waals surface area contributed by atoms with E-state index in [-0.39, 0.29) is 17.2 Å². The van der Waals surface area contributed by atoms with Gasteiger partial charge in [-0.05, 0) is 43.2 Å². The van der Waals surface area contributed by atoms with Crippen molar-refractivity contribution in [2.75, 3.05) is 44.0 Å². The highest BCUT2D eigenvalue weighted by Crippen LogP contribution is 2.29. The average molecular weight is 440 g/mol. The highest BCUT2D eigenvalue weighted by atomic mass is 16.6. The Balaban J connectivity index is 1.64. The van der Waals surface area contributed by atoms with E-state index in [4.69, 9.17) is 4.74 Å². The number of ether oxygens (including phenoxy) is 1. The second-order valence-corrected chi connectivity index (χ2v) is 7.55. The molecular weight excluding hydrogens is 416 g/mol. The number of esters is 1. The molecule has 1 aliphatic heterocycles. The fourth-order valence-corrected chi connectivity index (χ4v) is 3.40. The molecule has 2 aromatic rings. The summed E-state index contributed by atoms with van der Waals surface area (Å²) in [5.41, 5.74) is 1.30. The van der Waals surface area contributed by atoms with Crippen molar-refractivity contribution in [2.45, 2.75) is 12.8 Å². The van der Waals surface area contributed by atoms with Gasteiger partial charge in [0, 0.05) is 50.6 Å². The number of carbonyl (C=O) groups excluding carboxylic acids is 3. The Labute approximate surface area is 184 Å². The number of non-ortho nitro benzene ring substituents is 1. The van der Waals surface area contributed by atoms with Crippen LogP contribution in [0.15, 0.2) is 42.5 Å². The first kappa shape index (κ1) is 22.7. The lowest BCUT2D eigenvalue weighted by Gasteiger charge is -2.20. The van der Waals surface area contributed by atoms with Gasteiger partial charge in [0.15, 0.2) is 6.61 Å². The van der Waals surface area contributed by atoms with Crippen LogP contribution in [-0.4, -0.2) is 61.4 Å².